The van der Waals surface area contributed by atoms with Gasteiger partial charge in [-0.2, -0.15) is 0 Å². The maximum Gasteiger partial charge on any atom is 0.257 e. The summed E-state index contributed by atoms with van der Waals surface area (Å²) in [5, 5.41) is 0.444. The summed E-state index contributed by atoms with van der Waals surface area (Å²) < 4.78 is 0. The van der Waals surface area contributed by atoms with Crippen molar-refractivity contribution < 1.29 is 14.4 Å². The standard InChI is InChI=1S/C20H19ClN2O3/c1-14(24)22(11-10-15-6-3-2-4-7-15)18-13-19(25)23(20(18)26)17-9-5-8-16(21)12-17/h2-9,12,18H,10-11,13H2,1H3/t18-/m0/s1. The zero-order valence-corrected chi connectivity index (χ0v) is 15.1. The summed E-state index contributed by atoms with van der Waals surface area (Å²) in [6, 6.07) is 15.5. The Kier molecular flexibility index (Phi) is 5.38. The van der Waals surface area contributed by atoms with E-state index in [-0.39, 0.29) is 24.1 Å². The lowest BCUT2D eigenvalue weighted by molar-refractivity contribution is -0.136. The molecule has 1 aliphatic rings. The fourth-order valence-electron chi connectivity index (χ4n) is 3.17. The molecule has 0 unspecified atom stereocenters. The quantitative estimate of drug-likeness (QED) is 0.760. The number of rotatable bonds is 5. The number of halogens is 1. The highest BCUT2D eigenvalue weighted by atomic mass is 35.5. The molecule has 0 radical (unpaired) electrons. The molecular formula is C20H19ClN2O3. The first kappa shape index (κ1) is 18.1. The number of anilines is 1. The number of amides is 3. The van der Waals surface area contributed by atoms with Crippen LogP contribution in [0.4, 0.5) is 5.69 Å². The van der Waals surface area contributed by atoms with Crippen molar-refractivity contribution in [3.05, 3.63) is 65.2 Å². The lowest BCUT2D eigenvalue weighted by atomic mass is 10.1. The molecule has 2 aromatic carbocycles. The van der Waals surface area contributed by atoms with E-state index in [1.807, 2.05) is 30.3 Å². The molecule has 1 saturated heterocycles. The number of carbonyl (C=O) groups excluding carboxylic acids is 3. The van der Waals surface area contributed by atoms with E-state index in [0.29, 0.717) is 23.7 Å². The Balaban J connectivity index is 1.79. The summed E-state index contributed by atoms with van der Waals surface area (Å²) in [4.78, 5) is 40.0. The van der Waals surface area contributed by atoms with Crippen LogP contribution in [0.1, 0.15) is 18.9 Å². The summed E-state index contributed by atoms with van der Waals surface area (Å²) in [5.74, 6) is -0.936. The molecule has 0 N–H and O–H groups in total. The molecule has 1 heterocycles. The lowest BCUT2D eigenvalue weighted by Gasteiger charge is -2.26. The molecule has 0 spiro atoms. The molecule has 0 aromatic heterocycles. The van der Waals surface area contributed by atoms with Crippen LogP contribution in [0.5, 0.6) is 0 Å². The second-order valence-corrected chi connectivity index (χ2v) is 6.65. The second-order valence-electron chi connectivity index (χ2n) is 6.22. The normalized spacial score (nSPS) is 16.8. The van der Waals surface area contributed by atoms with Gasteiger partial charge in [-0.15, -0.1) is 0 Å². The van der Waals surface area contributed by atoms with E-state index >= 15 is 0 Å². The number of benzene rings is 2. The van der Waals surface area contributed by atoms with Gasteiger partial charge < -0.3 is 4.90 Å². The van der Waals surface area contributed by atoms with Gasteiger partial charge in [-0.05, 0) is 30.2 Å². The zero-order valence-electron chi connectivity index (χ0n) is 14.4. The monoisotopic (exact) mass is 370 g/mol. The number of nitrogens with zero attached hydrogens (tertiary/aromatic N) is 2. The molecule has 134 valence electrons. The van der Waals surface area contributed by atoms with Crippen LogP contribution in [-0.4, -0.2) is 35.2 Å². The van der Waals surface area contributed by atoms with Crippen molar-refractivity contribution in [1.82, 2.24) is 4.90 Å². The van der Waals surface area contributed by atoms with Gasteiger partial charge in [0, 0.05) is 18.5 Å². The van der Waals surface area contributed by atoms with Gasteiger partial charge >= 0.3 is 0 Å². The van der Waals surface area contributed by atoms with Crippen molar-refractivity contribution >= 4 is 35.0 Å². The van der Waals surface area contributed by atoms with E-state index in [1.165, 1.54) is 11.8 Å². The first-order chi connectivity index (χ1) is 12.5. The fraction of sp³-hybridized carbons (Fsp3) is 0.250. The topological polar surface area (TPSA) is 57.7 Å². The average molecular weight is 371 g/mol. The van der Waals surface area contributed by atoms with Gasteiger partial charge in [0.15, 0.2) is 0 Å². The van der Waals surface area contributed by atoms with E-state index in [2.05, 4.69) is 0 Å². The van der Waals surface area contributed by atoms with Gasteiger partial charge in [-0.25, -0.2) is 4.90 Å². The Morgan fingerprint density at radius 3 is 2.54 bits per heavy atom. The van der Waals surface area contributed by atoms with Crippen LogP contribution >= 0.6 is 11.6 Å². The van der Waals surface area contributed by atoms with Gasteiger partial charge in [0.2, 0.25) is 11.8 Å². The smallest absolute Gasteiger partial charge is 0.257 e. The molecule has 5 nitrogen and oxygen atoms in total. The SMILES string of the molecule is CC(=O)N(CCc1ccccc1)[C@H]1CC(=O)N(c2cccc(Cl)c2)C1=O. The number of carbonyl (C=O) groups is 3. The highest BCUT2D eigenvalue weighted by Crippen LogP contribution is 2.27. The molecule has 3 rings (SSSR count). The Bertz CT molecular complexity index is 838. The van der Waals surface area contributed by atoms with Crippen molar-refractivity contribution in [3.8, 4) is 0 Å². The third kappa shape index (κ3) is 3.78. The highest BCUT2D eigenvalue weighted by molar-refractivity contribution is 6.31. The van der Waals surface area contributed by atoms with Crippen molar-refractivity contribution in [2.24, 2.45) is 0 Å². The van der Waals surface area contributed by atoms with Crippen LogP contribution in [-0.2, 0) is 20.8 Å². The van der Waals surface area contributed by atoms with Crippen molar-refractivity contribution in [2.75, 3.05) is 11.4 Å². The summed E-state index contributed by atoms with van der Waals surface area (Å²) in [6.45, 7) is 1.80. The van der Waals surface area contributed by atoms with Crippen LogP contribution in [0.2, 0.25) is 5.02 Å². The van der Waals surface area contributed by atoms with Gasteiger partial charge in [0.25, 0.3) is 5.91 Å². The van der Waals surface area contributed by atoms with Crippen molar-refractivity contribution in [1.29, 1.82) is 0 Å². The van der Waals surface area contributed by atoms with E-state index in [4.69, 9.17) is 11.6 Å². The molecule has 1 atom stereocenters. The zero-order chi connectivity index (χ0) is 18.7. The molecule has 6 heteroatoms. The summed E-state index contributed by atoms with van der Waals surface area (Å²) >= 11 is 5.97. The Hall–Kier alpha value is -2.66. The van der Waals surface area contributed by atoms with Gasteiger partial charge in [-0.1, -0.05) is 48.0 Å². The molecule has 26 heavy (non-hydrogen) atoms. The molecule has 1 aliphatic heterocycles. The highest BCUT2D eigenvalue weighted by Gasteiger charge is 2.43. The number of hydrogen-bond acceptors (Lipinski definition) is 3. The third-order valence-electron chi connectivity index (χ3n) is 4.45. The molecule has 0 saturated carbocycles. The third-order valence-corrected chi connectivity index (χ3v) is 4.69. The average Bonchev–Trinajstić information content (AvgIpc) is 2.90. The molecule has 0 bridgehead atoms. The van der Waals surface area contributed by atoms with Crippen molar-refractivity contribution in [3.63, 3.8) is 0 Å². The molecule has 1 fully saturated rings. The van der Waals surface area contributed by atoms with E-state index in [1.54, 1.807) is 24.3 Å². The van der Waals surface area contributed by atoms with Gasteiger partial charge in [-0.3, -0.25) is 14.4 Å². The van der Waals surface area contributed by atoms with E-state index in [9.17, 15) is 14.4 Å². The minimum atomic E-state index is -0.775. The van der Waals surface area contributed by atoms with Crippen LogP contribution in [0, 0.1) is 0 Å². The van der Waals surface area contributed by atoms with Gasteiger partial charge in [0.05, 0.1) is 12.1 Å². The van der Waals surface area contributed by atoms with Crippen LogP contribution in [0.15, 0.2) is 54.6 Å². The molecule has 0 aliphatic carbocycles. The van der Waals surface area contributed by atoms with Crippen LogP contribution < -0.4 is 4.90 Å². The number of hydrogen-bond donors (Lipinski definition) is 0. The number of imide groups is 1. The van der Waals surface area contributed by atoms with Gasteiger partial charge in [0.1, 0.15) is 6.04 Å². The Morgan fingerprint density at radius 1 is 1.15 bits per heavy atom. The predicted molar refractivity (Wildman–Crippen MR) is 99.9 cm³/mol. The predicted octanol–water partition coefficient (Wildman–Crippen LogP) is 3.06. The van der Waals surface area contributed by atoms with E-state index in [0.717, 1.165) is 10.5 Å². The van der Waals surface area contributed by atoms with Crippen LogP contribution in [0.3, 0.4) is 0 Å². The summed E-state index contributed by atoms with van der Waals surface area (Å²) in [6.07, 6.45) is 0.606. The van der Waals surface area contributed by atoms with E-state index < -0.39 is 6.04 Å². The van der Waals surface area contributed by atoms with Crippen LogP contribution in [0.25, 0.3) is 0 Å². The maximum atomic E-state index is 12.9. The Labute approximate surface area is 157 Å². The summed E-state index contributed by atoms with van der Waals surface area (Å²) in [5.41, 5.74) is 1.50. The molecular weight excluding hydrogens is 352 g/mol. The fourth-order valence-corrected chi connectivity index (χ4v) is 3.36. The van der Waals surface area contributed by atoms with Crippen molar-refractivity contribution in [2.45, 2.75) is 25.8 Å². The first-order valence-electron chi connectivity index (χ1n) is 8.41. The first-order valence-corrected chi connectivity index (χ1v) is 8.78. The minimum Gasteiger partial charge on any atom is -0.330 e. The second kappa shape index (κ2) is 7.70. The molecule has 3 amide bonds. The minimum absolute atomic E-state index is 0.0142. The Morgan fingerprint density at radius 2 is 1.88 bits per heavy atom. The maximum absolute atomic E-state index is 12.9. The molecule has 2 aromatic rings. The lowest BCUT2D eigenvalue weighted by Crippen LogP contribution is -2.45. The summed E-state index contributed by atoms with van der Waals surface area (Å²) in [7, 11) is 0. The largest absolute Gasteiger partial charge is 0.330 e.